The Morgan fingerprint density at radius 3 is 2.58 bits per heavy atom. The largest absolute Gasteiger partial charge is 0.350 e. The van der Waals surface area contributed by atoms with Crippen molar-refractivity contribution < 1.29 is 19.2 Å². The van der Waals surface area contributed by atoms with Gasteiger partial charge in [0.05, 0.1) is 6.54 Å². The van der Waals surface area contributed by atoms with E-state index in [9.17, 15) is 19.2 Å². The van der Waals surface area contributed by atoms with E-state index in [0.717, 1.165) is 4.88 Å². The number of hydrogen-bond acceptors (Lipinski definition) is 5. The highest BCUT2D eigenvalue weighted by atomic mass is 32.1. The molecule has 1 aromatic rings. The van der Waals surface area contributed by atoms with Crippen molar-refractivity contribution in [1.82, 2.24) is 15.1 Å². The lowest BCUT2D eigenvalue weighted by Gasteiger charge is -2.12. The molecule has 2 rings (SSSR count). The molecule has 1 saturated heterocycles. The normalized spacial score (nSPS) is 15.3. The summed E-state index contributed by atoms with van der Waals surface area (Å²) in [5.74, 6) is -2.38. The number of thiophene rings is 1. The van der Waals surface area contributed by atoms with E-state index in [-0.39, 0.29) is 0 Å². The maximum absolute atomic E-state index is 11.6. The summed E-state index contributed by atoms with van der Waals surface area (Å²) < 4.78 is 0. The van der Waals surface area contributed by atoms with Crippen LogP contribution in [0.3, 0.4) is 0 Å². The number of carbonyl (C=O) groups excluding carboxylic acids is 4. The zero-order valence-corrected chi connectivity index (χ0v) is 10.9. The molecule has 1 fully saturated rings. The van der Waals surface area contributed by atoms with Crippen LogP contribution in [-0.2, 0) is 20.9 Å². The number of urea groups is 1. The average Bonchev–Trinajstić information content (AvgIpc) is 2.97. The van der Waals surface area contributed by atoms with Gasteiger partial charge < -0.3 is 5.32 Å². The Morgan fingerprint density at radius 1 is 1.32 bits per heavy atom. The lowest BCUT2D eigenvalue weighted by atomic mass is 10.4. The molecular weight excluding hydrogens is 270 g/mol. The van der Waals surface area contributed by atoms with Gasteiger partial charge in [-0.3, -0.25) is 19.3 Å². The fourth-order valence-corrected chi connectivity index (χ4v) is 2.20. The Morgan fingerprint density at radius 2 is 2.05 bits per heavy atom. The van der Waals surface area contributed by atoms with Gasteiger partial charge in [0.15, 0.2) is 0 Å². The summed E-state index contributed by atoms with van der Waals surface area (Å²) >= 11 is 1.48. The number of amides is 5. The number of nitrogens with zero attached hydrogens (tertiary/aromatic N) is 2. The summed E-state index contributed by atoms with van der Waals surface area (Å²) in [6, 6.07) is 2.93. The van der Waals surface area contributed by atoms with Crippen LogP contribution in [-0.4, -0.2) is 47.1 Å². The molecule has 0 spiro atoms. The van der Waals surface area contributed by atoms with Gasteiger partial charge in [-0.1, -0.05) is 6.07 Å². The summed E-state index contributed by atoms with van der Waals surface area (Å²) in [4.78, 5) is 48.1. The van der Waals surface area contributed by atoms with Crippen LogP contribution in [0, 0.1) is 0 Å². The van der Waals surface area contributed by atoms with Gasteiger partial charge in [0.1, 0.15) is 6.54 Å². The maximum Gasteiger partial charge on any atom is 0.334 e. The molecule has 0 saturated carbocycles. The van der Waals surface area contributed by atoms with Crippen LogP contribution in [0.1, 0.15) is 4.88 Å². The quantitative estimate of drug-likeness (QED) is 0.611. The lowest BCUT2D eigenvalue weighted by molar-refractivity contribution is -0.143. The molecule has 0 unspecified atom stereocenters. The van der Waals surface area contributed by atoms with E-state index in [1.807, 2.05) is 17.5 Å². The average molecular weight is 281 g/mol. The Balaban J connectivity index is 1.90. The predicted molar refractivity (Wildman–Crippen MR) is 66.0 cm³/mol. The Labute approximate surface area is 112 Å². The molecule has 7 nitrogen and oxygen atoms in total. The van der Waals surface area contributed by atoms with Crippen molar-refractivity contribution in [2.24, 2.45) is 0 Å². The van der Waals surface area contributed by atoms with E-state index in [2.05, 4.69) is 5.32 Å². The first-order valence-electron chi connectivity index (χ1n) is 5.43. The fourth-order valence-electron chi connectivity index (χ4n) is 1.55. The molecule has 1 aromatic heterocycles. The first-order chi connectivity index (χ1) is 9.00. The molecule has 5 amide bonds. The second kappa shape index (κ2) is 5.19. The molecule has 8 heteroatoms. The summed E-state index contributed by atoms with van der Waals surface area (Å²) in [5, 5.41) is 4.46. The molecule has 0 atom stereocenters. The van der Waals surface area contributed by atoms with E-state index >= 15 is 0 Å². The van der Waals surface area contributed by atoms with Crippen molar-refractivity contribution in [3.63, 3.8) is 0 Å². The second-order valence-electron chi connectivity index (χ2n) is 3.89. The SMILES string of the molecule is CN1C(=O)C(=O)N(CC(=O)NCc2cccs2)C1=O. The molecule has 1 N–H and O–H groups in total. The zero-order chi connectivity index (χ0) is 14.0. The lowest BCUT2D eigenvalue weighted by Crippen LogP contribution is -2.40. The summed E-state index contributed by atoms with van der Waals surface area (Å²) in [6.45, 7) is -0.115. The molecule has 19 heavy (non-hydrogen) atoms. The van der Waals surface area contributed by atoms with Gasteiger partial charge >= 0.3 is 17.8 Å². The van der Waals surface area contributed by atoms with Gasteiger partial charge in [0.2, 0.25) is 5.91 Å². The van der Waals surface area contributed by atoms with Gasteiger partial charge in [-0.05, 0) is 11.4 Å². The van der Waals surface area contributed by atoms with Crippen molar-refractivity contribution in [3.8, 4) is 0 Å². The molecular formula is C11H11N3O4S. The van der Waals surface area contributed by atoms with E-state index in [4.69, 9.17) is 0 Å². The number of nitrogens with one attached hydrogen (secondary N) is 1. The highest BCUT2D eigenvalue weighted by molar-refractivity contribution is 7.09. The highest BCUT2D eigenvalue weighted by Gasteiger charge is 2.42. The number of rotatable bonds is 4. The monoisotopic (exact) mass is 281 g/mol. The third-order valence-electron chi connectivity index (χ3n) is 2.59. The van der Waals surface area contributed by atoms with Crippen molar-refractivity contribution in [1.29, 1.82) is 0 Å². The van der Waals surface area contributed by atoms with Crippen LogP contribution in [0.5, 0.6) is 0 Å². The molecule has 1 aliphatic heterocycles. The highest BCUT2D eigenvalue weighted by Crippen LogP contribution is 2.10. The minimum Gasteiger partial charge on any atom is -0.350 e. The van der Waals surface area contributed by atoms with Gasteiger partial charge in [-0.2, -0.15) is 0 Å². The minimum absolute atomic E-state index is 0.330. The smallest absolute Gasteiger partial charge is 0.334 e. The van der Waals surface area contributed by atoms with Gasteiger partial charge in [0.25, 0.3) is 0 Å². The molecule has 100 valence electrons. The van der Waals surface area contributed by atoms with Crippen molar-refractivity contribution >= 4 is 35.1 Å². The number of carbonyl (C=O) groups is 4. The number of imide groups is 2. The number of hydrogen-bond donors (Lipinski definition) is 1. The molecule has 0 aliphatic carbocycles. The molecule has 2 heterocycles. The van der Waals surface area contributed by atoms with Crippen LogP contribution in [0.4, 0.5) is 4.79 Å². The predicted octanol–water partition coefficient (Wildman–Crippen LogP) is -0.215. The first-order valence-corrected chi connectivity index (χ1v) is 6.31. The van der Waals surface area contributed by atoms with Crippen LogP contribution >= 0.6 is 11.3 Å². The van der Waals surface area contributed by atoms with Gasteiger partial charge in [0, 0.05) is 11.9 Å². The maximum atomic E-state index is 11.6. The van der Waals surface area contributed by atoms with Crippen LogP contribution in [0.25, 0.3) is 0 Å². The van der Waals surface area contributed by atoms with Crippen molar-refractivity contribution in [2.75, 3.05) is 13.6 Å². The van der Waals surface area contributed by atoms with E-state index < -0.39 is 30.3 Å². The van der Waals surface area contributed by atoms with Crippen LogP contribution in [0.15, 0.2) is 17.5 Å². The third-order valence-corrected chi connectivity index (χ3v) is 3.47. The Kier molecular flexibility index (Phi) is 3.61. The van der Waals surface area contributed by atoms with Gasteiger partial charge in [-0.25, -0.2) is 9.69 Å². The second-order valence-corrected chi connectivity index (χ2v) is 4.93. The van der Waals surface area contributed by atoms with Crippen LogP contribution < -0.4 is 5.32 Å². The summed E-state index contributed by atoms with van der Waals surface area (Å²) in [7, 11) is 1.20. The first kappa shape index (κ1) is 13.2. The third kappa shape index (κ3) is 2.63. The Bertz CT molecular complexity index is 540. The minimum atomic E-state index is -0.973. The van der Waals surface area contributed by atoms with E-state index in [1.165, 1.54) is 18.4 Å². The van der Waals surface area contributed by atoms with Crippen molar-refractivity contribution in [3.05, 3.63) is 22.4 Å². The van der Waals surface area contributed by atoms with Crippen LogP contribution in [0.2, 0.25) is 0 Å². The van der Waals surface area contributed by atoms with E-state index in [0.29, 0.717) is 16.3 Å². The Hall–Kier alpha value is -2.22. The zero-order valence-electron chi connectivity index (χ0n) is 10.1. The fraction of sp³-hybridized carbons (Fsp3) is 0.273. The summed E-state index contributed by atoms with van der Waals surface area (Å²) in [6.07, 6.45) is 0. The summed E-state index contributed by atoms with van der Waals surface area (Å²) in [5.41, 5.74) is 0. The van der Waals surface area contributed by atoms with Gasteiger partial charge in [-0.15, -0.1) is 11.3 Å². The topological polar surface area (TPSA) is 86.8 Å². The number of likely N-dealkylation sites (N-methyl/N-ethyl adjacent to an activating group) is 1. The molecule has 0 aromatic carbocycles. The molecule has 0 bridgehead atoms. The standard InChI is InChI=1S/C11H11N3O4S/c1-13-9(16)10(17)14(11(13)18)6-8(15)12-5-7-3-2-4-19-7/h2-4H,5-6H2,1H3,(H,12,15). The van der Waals surface area contributed by atoms with E-state index in [1.54, 1.807) is 0 Å². The molecule has 1 aliphatic rings. The molecule has 0 radical (unpaired) electrons. The van der Waals surface area contributed by atoms with Crippen molar-refractivity contribution in [2.45, 2.75) is 6.54 Å².